The van der Waals surface area contributed by atoms with Gasteiger partial charge in [0.2, 0.25) is 0 Å². The molecule has 0 bridgehead atoms. The van der Waals surface area contributed by atoms with Crippen molar-refractivity contribution in [2.75, 3.05) is 6.61 Å². The number of carbonyl (C=O) groups excluding carboxylic acids is 1. The van der Waals surface area contributed by atoms with Gasteiger partial charge in [-0.05, 0) is 36.4 Å². The van der Waals surface area contributed by atoms with Crippen LogP contribution in [0.3, 0.4) is 0 Å². The first-order valence-electron chi connectivity index (χ1n) is 3.54. The molecule has 0 fully saturated rings. The highest BCUT2D eigenvalue weighted by molar-refractivity contribution is 14.1. The van der Waals surface area contributed by atoms with Crippen molar-refractivity contribution in [3.63, 3.8) is 0 Å². The van der Waals surface area contributed by atoms with Crippen molar-refractivity contribution in [2.24, 2.45) is 0 Å². The second-order valence-corrected chi connectivity index (χ2v) is 3.24. The molecule has 1 N–H and O–H groups in total. The minimum atomic E-state index is -0.367. The molecule has 0 aliphatic rings. The largest absolute Gasteiger partial charge is 0.461 e. The van der Waals surface area contributed by atoms with Crippen LogP contribution in [0.25, 0.3) is 0 Å². The van der Waals surface area contributed by atoms with Crippen molar-refractivity contribution in [2.45, 2.75) is 13.8 Å². The molecule has 0 saturated carbocycles. The molecule has 5 heteroatoms. The zero-order chi connectivity index (χ0) is 9.14. The molecule has 0 amide bonds. The van der Waals surface area contributed by atoms with Crippen molar-refractivity contribution >= 4 is 28.6 Å². The summed E-state index contributed by atoms with van der Waals surface area (Å²) in [7, 11) is 0. The molecule has 0 radical (unpaired) electrons. The highest BCUT2D eigenvalue weighted by atomic mass is 127. The fourth-order valence-electron chi connectivity index (χ4n) is 0.822. The standard InChI is InChI=1S/C7H9IN2O2/c1-3-12-6(11)5-4(2)9-7(8)10-5/h3H2,1-2H3,(H,9,10). The number of hydrogen-bond acceptors (Lipinski definition) is 3. The molecule has 1 aromatic rings. The molecule has 1 heterocycles. The first-order valence-corrected chi connectivity index (χ1v) is 4.62. The molecule has 0 atom stereocenters. The number of nitrogens with zero attached hydrogens (tertiary/aromatic N) is 1. The number of imidazole rings is 1. The highest BCUT2D eigenvalue weighted by Crippen LogP contribution is 2.07. The lowest BCUT2D eigenvalue weighted by molar-refractivity contribution is 0.0519. The maximum absolute atomic E-state index is 11.2. The van der Waals surface area contributed by atoms with Gasteiger partial charge in [0.1, 0.15) is 0 Å². The number of aryl methyl sites for hydroxylation is 1. The summed E-state index contributed by atoms with van der Waals surface area (Å²) in [5, 5.41) is 0. The average molecular weight is 280 g/mol. The Bertz CT molecular complexity index is 296. The van der Waals surface area contributed by atoms with E-state index in [1.165, 1.54) is 0 Å². The minimum Gasteiger partial charge on any atom is -0.461 e. The molecule has 0 aliphatic carbocycles. The Morgan fingerprint density at radius 2 is 2.42 bits per heavy atom. The molecule has 66 valence electrons. The van der Waals surface area contributed by atoms with Crippen molar-refractivity contribution in [3.8, 4) is 0 Å². The number of hydrogen-bond donors (Lipinski definition) is 1. The van der Waals surface area contributed by atoms with Crippen LogP contribution >= 0.6 is 22.6 Å². The Hall–Kier alpha value is -0.590. The van der Waals surface area contributed by atoms with Gasteiger partial charge in [0.05, 0.1) is 6.61 Å². The van der Waals surface area contributed by atoms with Gasteiger partial charge in [-0.3, -0.25) is 0 Å². The van der Waals surface area contributed by atoms with E-state index < -0.39 is 0 Å². The molecular formula is C7H9IN2O2. The maximum atomic E-state index is 11.2. The van der Waals surface area contributed by atoms with E-state index in [1.807, 2.05) is 22.6 Å². The number of halogens is 1. The summed E-state index contributed by atoms with van der Waals surface area (Å²) >= 11 is 2.01. The Labute approximate surface area is 83.9 Å². The van der Waals surface area contributed by atoms with E-state index in [1.54, 1.807) is 13.8 Å². The van der Waals surface area contributed by atoms with Crippen LogP contribution in [0.5, 0.6) is 0 Å². The fraction of sp³-hybridized carbons (Fsp3) is 0.429. The van der Waals surface area contributed by atoms with Crippen LogP contribution in [0.15, 0.2) is 0 Å². The highest BCUT2D eigenvalue weighted by Gasteiger charge is 2.14. The Balaban J connectivity index is 2.87. The van der Waals surface area contributed by atoms with Gasteiger partial charge >= 0.3 is 5.97 Å². The van der Waals surface area contributed by atoms with Gasteiger partial charge in [-0.15, -0.1) is 0 Å². The van der Waals surface area contributed by atoms with Crippen molar-refractivity contribution < 1.29 is 9.53 Å². The quantitative estimate of drug-likeness (QED) is 0.659. The third kappa shape index (κ3) is 1.96. The molecule has 0 aromatic carbocycles. The molecule has 0 spiro atoms. The van der Waals surface area contributed by atoms with Gasteiger partial charge in [0.15, 0.2) is 9.53 Å². The van der Waals surface area contributed by atoms with Crippen LogP contribution in [-0.4, -0.2) is 22.5 Å². The van der Waals surface area contributed by atoms with Gasteiger partial charge in [0, 0.05) is 5.69 Å². The minimum absolute atomic E-state index is 0.367. The van der Waals surface area contributed by atoms with Crippen LogP contribution < -0.4 is 0 Å². The average Bonchev–Trinajstić information content (AvgIpc) is 2.30. The first kappa shape index (κ1) is 9.50. The second kappa shape index (κ2) is 3.88. The summed E-state index contributed by atoms with van der Waals surface area (Å²) in [5.41, 5.74) is 1.12. The molecular weight excluding hydrogens is 271 g/mol. The van der Waals surface area contributed by atoms with E-state index in [0.29, 0.717) is 16.1 Å². The Morgan fingerprint density at radius 3 is 2.83 bits per heavy atom. The molecule has 4 nitrogen and oxygen atoms in total. The van der Waals surface area contributed by atoms with Crippen LogP contribution in [-0.2, 0) is 4.74 Å². The van der Waals surface area contributed by atoms with Crippen LogP contribution in [0.1, 0.15) is 23.1 Å². The van der Waals surface area contributed by atoms with Crippen molar-refractivity contribution in [3.05, 3.63) is 15.2 Å². The predicted molar refractivity (Wildman–Crippen MR) is 52.0 cm³/mol. The van der Waals surface area contributed by atoms with Crippen molar-refractivity contribution in [1.29, 1.82) is 0 Å². The van der Waals surface area contributed by atoms with Crippen LogP contribution in [0.2, 0.25) is 0 Å². The predicted octanol–water partition coefficient (Wildman–Crippen LogP) is 1.50. The SMILES string of the molecule is CCOC(=O)c1nc(I)[nH]c1C. The fourth-order valence-corrected chi connectivity index (χ4v) is 1.47. The van der Waals surface area contributed by atoms with Gasteiger partial charge in [-0.2, -0.15) is 0 Å². The van der Waals surface area contributed by atoms with Gasteiger partial charge < -0.3 is 9.72 Å². The van der Waals surface area contributed by atoms with E-state index in [2.05, 4.69) is 9.97 Å². The lowest BCUT2D eigenvalue weighted by Gasteiger charge is -1.97. The van der Waals surface area contributed by atoms with Crippen molar-refractivity contribution in [1.82, 2.24) is 9.97 Å². The molecule has 12 heavy (non-hydrogen) atoms. The number of H-pyrrole nitrogens is 1. The summed E-state index contributed by atoms with van der Waals surface area (Å²) in [6.07, 6.45) is 0. The van der Waals surface area contributed by atoms with Gasteiger partial charge in [-0.1, -0.05) is 0 Å². The number of rotatable bonds is 2. The van der Waals surface area contributed by atoms with E-state index in [4.69, 9.17) is 4.74 Å². The van der Waals surface area contributed by atoms with Crippen LogP contribution in [0.4, 0.5) is 0 Å². The number of nitrogens with one attached hydrogen (secondary N) is 1. The zero-order valence-corrected chi connectivity index (χ0v) is 9.01. The maximum Gasteiger partial charge on any atom is 0.358 e. The van der Waals surface area contributed by atoms with E-state index in [0.717, 1.165) is 5.69 Å². The topological polar surface area (TPSA) is 55.0 Å². The number of esters is 1. The third-order valence-electron chi connectivity index (χ3n) is 1.32. The first-order chi connectivity index (χ1) is 5.65. The molecule has 0 aliphatic heterocycles. The van der Waals surface area contributed by atoms with Gasteiger partial charge in [-0.25, -0.2) is 9.78 Å². The third-order valence-corrected chi connectivity index (χ3v) is 1.84. The summed E-state index contributed by atoms with van der Waals surface area (Å²) in [5.74, 6) is -0.367. The second-order valence-electron chi connectivity index (χ2n) is 2.22. The monoisotopic (exact) mass is 280 g/mol. The number of carbonyl (C=O) groups is 1. The summed E-state index contributed by atoms with van der Waals surface area (Å²) < 4.78 is 5.50. The lowest BCUT2D eigenvalue weighted by Crippen LogP contribution is -2.06. The summed E-state index contributed by atoms with van der Waals surface area (Å²) in [4.78, 5) is 18.1. The van der Waals surface area contributed by atoms with Gasteiger partial charge in [0.25, 0.3) is 0 Å². The number of aromatic nitrogens is 2. The molecule has 0 unspecified atom stereocenters. The smallest absolute Gasteiger partial charge is 0.358 e. The van der Waals surface area contributed by atoms with E-state index in [-0.39, 0.29) is 5.97 Å². The molecule has 1 rings (SSSR count). The van der Waals surface area contributed by atoms with E-state index in [9.17, 15) is 4.79 Å². The zero-order valence-electron chi connectivity index (χ0n) is 6.85. The summed E-state index contributed by atoms with van der Waals surface area (Å²) in [6.45, 7) is 3.94. The van der Waals surface area contributed by atoms with E-state index >= 15 is 0 Å². The normalized spacial score (nSPS) is 9.92. The Morgan fingerprint density at radius 1 is 1.75 bits per heavy atom. The Kier molecular flexibility index (Phi) is 3.07. The molecule has 1 aromatic heterocycles. The molecule has 0 saturated heterocycles. The van der Waals surface area contributed by atoms with Crippen LogP contribution in [0, 0.1) is 10.8 Å². The number of ether oxygens (including phenoxy) is 1. The lowest BCUT2D eigenvalue weighted by atomic mass is 10.3. The number of aromatic amines is 1. The summed E-state index contributed by atoms with van der Waals surface area (Å²) in [6, 6.07) is 0.